The molecule has 0 aliphatic heterocycles. The standard InChI is InChI=1S/C13H10F3NO2/c1-6-3-7(2)11-8(4-6)10(13(14,15)16)9(5-17-11)12(18)19/h3-5H,1-2H3,(H,18,19). The van der Waals surface area contributed by atoms with Gasteiger partial charge in [-0.1, -0.05) is 11.6 Å². The Morgan fingerprint density at radius 1 is 1.26 bits per heavy atom. The largest absolute Gasteiger partial charge is 0.478 e. The minimum absolute atomic E-state index is 0.169. The molecular formula is C13H10F3NO2. The molecule has 6 heteroatoms. The Balaban J connectivity index is 2.99. The smallest absolute Gasteiger partial charge is 0.417 e. The number of hydrogen-bond donors (Lipinski definition) is 1. The summed E-state index contributed by atoms with van der Waals surface area (Å²) < 4.78 is 39.3. The first-order chi connectivity index (χ1) is 8.71. The zero-order chi connectivity index (χ0) is 14.4. The van der Waals surface area contributed by atoms with E-state index in [4.69, 9.17) is 5.11 Å². The third-order valence-electron chi connectivity index (χ3n) is 2.82. The van der Waals surface area contributed by atoms with E-state index in [0.717, 1.165) is 6.20 Å². The number of pyridine rings is 1. The molecule has 2 aromatic rings. The molecule has 19 heavy (non-hydrogen) atoms. The van der Waals surface area contributed by atoms with Crippen molar-refractivity contribution in [3.63, 3.8) is 0 Å². The highest BCUT2D eigenvalue weighted by molar-refractivity contribution is 5.97. The molecule has 0 aliphatic rings. The highest BCUT2D eigenvalue weighted by atomic mass is 19.4. The van der Waals surface area contributed by atoms with E-state index in [2.05, 4.69) is 4.98 Å². The van der Waals surface area contributed by atoms with Crippen molar-refractivity contribution in [1.29, 1.82) is 0 Å². The molecule has 1 N–H and O–H groups in total. The van der Waals surface area contributed by atoms with E-state index in [9.17, 15) is 18.0 Å². The normalized spacial score (nSPS) is 11.8. The molecule has 0 aliphatic carbocycles. The average molecular weight is 269 g/mol. The molecule has 0 saturated heterocycles. The van der Waals surface area contributed by atoms with Crippen molar-refractivity contribution < 1.29 is 23.1 Å². The van der Waals surface area contributed by atoms with Crippen molar-refractivity contribution in [3.05, 3.63) is 40.6 Å². The molecule has 1 aromatic carbocycles. The number of alkyl halides is 3. The van der Waals surface area contributed by atoms with Gasteiger partial charge in [-0.3, -0.25) is 4.98 Å². The molecule has 0 amide bonds. The summed E-state index contributed by atoms with van der Waals surface area (Å²) >= 11 is 0. The van der Waals surface area contributed by atoms with Gasteiger partial charge in [-0.2, -0.15) is 13.2 Å². The number of aryl methyl sites for hydroxylation is 2. The maximum absolute atomic E-state index is 13.1. The van der Waals surface area contributed by atoms with Crippen LogP contribution in [0.25, 0.3) is 10.9 Å². The first kappa shape index (κ1) is 13.3. The molecule has 100 valence electrons. The van der Waals surface area contributed by atoms with Crippen LogP contribution < -0.4 is 0 Å². The quantitative estimate of drug-likeness (QED) is 0.861. The number of carboxylic acids is 1. The summed E-state index contributed by atoms with van der Waals surface area (Å²) in [4.78, 5) is 14.8. The number of aromatic carboxylic acids is 1. The highest BCUT2D eigenvalue weighted by Gasteiger charge is 2.38. The molecule has 0 saturated carbocycles. The molecule has 1 heterocycles. The Morgan fingerprint density at radius 2 is 1.89 bits per heavy atom. The Morgan fingerprint density at radius 3 is 2.42 bits per heavy atom. The Hall–Kier alpha value is -2.11. The summed E-state index contributed by atoms with van der Waals surface area (Å²) in [6, 6.07) is 3.01. The van der Waals surface area contributed by atoms with Crippen molar-refractivity contribution in [2.45, 2.75) is 20.0 Å². The maximum atomic E-state index is 13.1. The summed E-state index contributed by atoms with van der Waals surface area (Å²) in [5.74, 6) is -1.64. The van der Waals surface area contributed by atoms with Gasteiger partial charge in [0.15, 0.2) is 0 Å². The summed E-state index contributed by atoms with van der Waals surface area (Å²) in [5, 5.41) is 8.71. The van der Waals surface area contributed by atoms with Crippen LogP contribution in [0, 0.1) is 13.8 Å². The van der Waals surface area contributed by atoms with Gasteiger partial charge in [0.05, 0.1) is 16.6 Å². The molecule has 1 aromatic heterocycles. The highest BCUT2D eigenvalue weighted by Crippen LogP contribution is 2.37. The van der Waals surface area contributed by atoms with Gasteiger partial charge < -0.3 is 5.11 Å². The molecule has 0 radical (unpaired) electrons. The maximum Gasteiger partial charge on any atom is 0.417 e. The summed E-state index contributed by atoms with van der Waals surface area (Å²) in [7, 11) is 0. The lowest BCUT2D eigenvalue weighted by Gasteiger charge is -2.14. The number of halogens is 3. The van der Waals surface area contributed by atoms with E-state index in [1.807, 2.05) is 0 Å². The third-order valence-corrected chi connectivity index (χ3v) is 2.82. The van der Waals surface area contributed by atoms with Gasteiger partial charge in [0.2, 0.25) is 0 Å². The SMILES string of the molecule is Cc1cc(C)c2ncc(C(=O)O)c(C(F)(F)F)c2c1. The van der Waals surface area contributed by atoms with Crippen LogP contribution in [-0.2, 0) is 6.18 Å². The van der Waals surface area contributed by atoms with E-state index in [-0.39, 0.29) is 10.9 Å². The second-order valence-electron chi connectivity index (χ2n) is 4.33. The Labute approximate surface area is 106 Å². The van der Waals surface area contributed by atoms with Gasteiger partial charge in [0, 0.05) is 11.6 Å². The van der Waals surface area contributed by atoms with Crippen LogP contribution in [0.2, 0.25) is 0 Å². The Kier molecular flexibility index (Phi) is 2.96. The fraction of sp³-hybridized carbons (Fsp3) is 0.231. The fourth-order valence-corrected chi connectivity index (χ4v) is 2.13. The van der Waals surface area contributed by atoms with Gasteiger partial charge in [-0.15, -0.1) is 0 Å². The lowest BCUT2D eigenvalue weighted by molar-refractivity contribution is -0.136. The number of aromatic nitrogens is 1. The fourth-order valence-electron chi connectivity index (χ4n) is 2.13. The number of carbonyl (C=O) groups is 1. The second-order valence-corrected chi connectivity index (χ2v) is 4.33. The van der Waals surface area contributed by atoms with Gasteiger partial charge in [0.25, 0.3) is 0 Å². The van der Waals surface area contributed by atoms with Crippen LogP contribution in [0.4, 0.5) is 13.2 Å². The molecule has 0 fully saturated rings. The van der Waals surface area contributed by atoms with Crippen LogP contribution in [0.5, 0.6) is 0 Å². The van der Waals surface area contributed by atoms with Crippen molar-refractivity contribution in [2.75, 3.05) is 0 Å². The van der Waals surface area contributed by atoms with E-state index in [0.29, 0.717) is 11.1 Å². The summed E-state index contributed by atoms with van der Waals surface area (Å²) in [5.41, 5.74) is -0.595. The van der Waals surface area contributed by atoms with E-state index in [1.165, 1.54) is 6.07 Å². The van der Waals surface area contributed by atoms with E-state index < -0.39 is 23.3 Å². The van der Waals surface area contributed by atoms with Crippen LogP contribution in [0.3, 0.4) is 0 Å². The number of benzene rings is 1. The van der Waals surface area contributed by atoms with Crippen LogP contribution in [0.1, 0.15) is 27.0 Å². The molecular weight excluding hydrogens is 259 g/mol. The number of rotatable bonds is 1. The van der Waals surface area contributed by atoms with Crippen LogP contribution in [-0.4, -0.2) is 16.1 Å². The minimum Gasteiger partial charge on any atom is -0.478 e. The lowest BCUT2D eigenvalue weighted by Crippen LogP contribution is -2.14. The molecule has 0 atom stereocenters. The predicted octanol–water partition coefficient (Wildman–Crippen LogP) is 3.57. The van der Waals surface area contributed by atoms with Crippen molar-refractivity contribution >= 4 is 16.9 Å². The zero-order valence-corrected chi connectivity index (χ0v) is 10.2. The van der Waals surface area contributed by atoms with Gasteiger partial charge in [-0.25, -0.2) is 4.79 Å². The first-order valence-corrected chi connectivity index (χ1v) is 5.42. The first-order valence-electron chi connectivity index (χ1n) is 5.42. The zero-order valence-electron chi connectivity index (χ0n) is 10.2. The predicted molar refractivity (Wildman–Crippen MR) is 63.2 cm³/mol. The molecule has 3 nitrogen and oxygen atoms in total. The van der Waals surface area contributed by atoms with Gasteiger partial charge in [0.1, 0.15) is 0 Å². The lowest BCUT2D eigenvalue weighted by atomic mass is 9.99. The average Bonchev–Trinajstić information content (AvgIpc) is 2.25. The van der Waals surface area contributed by atoms with E-state index in [1.54, 1.807) is 19.9 Å². The molecule has 0 bridgehead atoms. The van der Waals surface area contributed by atoms with Crippen molar-refractivity contribution in [2.24, 2.45) is 0 Å². The van der Waals surface area contributed by atoms with Gasteiger partial charge >= 0.3 is 12.1 Å². The summed E-state index contributed by atoms with van der Waals surface area (Å²) in [6.45, 7) is 3.29. The van der Waals surface area contributed by atoms with E-state index >= 15 is 0 Å². The number of nitrogens with zero attached hydrogens (tertiary/aromatic N) is 1. The second kappa shape index (κ2) is 4.22. The van der Waals surface area contributed by atoms with Crippen molar-refractivity contribution in [1.82, 2.24) is 4.98 Å². The molecule has 0 spiro atoms. The third kappa shape index (κ3) is 2.25. The number of hydrogen-bond acceptors (Lipinski definition) is 2. The number of fused-ring (bicyclic) bond motifs is 1. The van der Waals surface area contributed by atoms with Crippen LogP contribution >= 0.6 is 0 Å². The Bertz CT molecular complexity index is 678. The molecule has 0 unspecified atom stereocenters. The summed E-state index contributed by atoms with van der Waals surface area (Å²) in [6.07, 6.45) is -3.98. The topological polar surface area (TPSA) is 50.2 Å². The molecule has 2 rings (SSSR count). The van der Waals surface area contributed by atoms with Crippen molar-refractivity contribution in [3.8, 4) is 0 Å². The van der Waals surface area contributed by atoms with Gasteiger partial charge in [-0.05, 0) is 25.5 Å². The number of carboxylic acid groups (broad SMARTS) is 1. The van der Waals surface area contributed by atoms with Crippen LogP contribution in [0.15, 0.2) is 18.3 Å². The minimum atomic E-state index is -4.74. The monoisotopic (exact) mass is 269 g/mol.